The van der Waals surface area contributed by atoms with Crippen molar-refractivity contribution in [3.8, 4) is 0 Å². The lowest BCUT2D eigenvalue weighted by molar-refractivity contribution is -0.119. The third-order valence-corrected chi connectivity index (χ3v) is 6.08. The molecule has 10 heteroatoms. The van der Waals surface area contributed by atoms with Crippen LogP contribution in [0.25, 0.3) is 0 Å². The van der Waals surface area contributed by atoms with Gasteiger partial charge in [-0.15, -0.1) is 0 Å². The van der Waals surface area contributed by atoms with Crippen LogP contribution in [-0.2, 0) is 14.3 Å². The molecule has 182 valence electrons. The van der Waals surface area contributed by atoms with Crippen LogP contribution in [0.4, 0.5) is 10.5 Å². The number of hydrogen-bond donors (Lipinski definition) is 2. The van der Waals surface area contributed by atoms with Crippen LogP contribution < -0.4 is 11.3 Å². The molecule has 0 spiro atoms. The Balaban J connectivity index is 1.94. The highest BCUT2D eigenvalue weighted by molar-refractivity contribution is 6.34. The number of hydrogen-bond acceptors (Lipinski definition) is 6. The lowest BCUT2D eigenvalue weighted by Crippen LogP contribution is -2.47. The Hall–Kier alpha value is -2.36. The largest absolute Gasteiger partial charge is 0.444 e. The van der Waals surface area contributed by atoms with Gasteiger partial charge in [-0.1, -0.05) is 17.7 Å². The zero-order chi connectivity index (χ0) is 24.7. The van der Waals surface area contributed by atoms with E-state index in [0.717, 1.165) is 11.1 Å². The first-order valence-corrected chi connectivity index (χ1v) is 11.3. The number of nitrogens with two attached hydrogens (primary N) is 1. The predicted octanol–water partition coefficient (Wildman–Crippen LogP) is 3.89. The number of benzene rings is 1. The second-order valence-corrected chi connectivity index (χ2v) is 10.6. The van der Waals surface area contributed by atoms with E-state index in [1.54, 1.807) is 9.80 Å². The first-order valence-electron chi connectivity index (χ1n) is 11.0. The molecule has 2 unspecified atom stereocenters. The third-order valence-electron chi connectivity index (χ3n) is 5.66. The van der Waals surface area contributed by atoms with Gasteiger partial charge in [-0.2, -0.15) is 0 Å². The smallest absolute Gasteiger partial charge is 0.413 e. The van der Waals surface area contributed by atoms with Gasteiger partial charge in [0.15, 0.2) is 0 Å². The molecule has 3 atom stereocenters. The molecule has 3 rings (SSSR count). The summed E-state index contributed by atoms with van der Waals surface area (Å²) in [4.78, 5) is 32.9. The summed E-state index contributed by atoms with van der Waals surface area (Å²) in [5, 5.41) is 0.458. The van der Waals surface area contributed by atoms with Crippen molar-refractivity contribution in [2.45, 2.75) is 64.3 Å². The van der Waals surface area contributed by atoms with Crippen molar-refractivity contribution < 1.29 is 19.1 Å². The molecular formula is C23H34ClN5O4. The second kappa shape index (κ2) is 9.12. The first-order chi connectivity index (χ1) is 15.2. The Kier molecular flexibility index (Phi) is 6.98. The number of aliphatic imine (C=N–C) groups is 1. The first kappa shape index (κ1) is 25.3. The molecular weight excluding hydrogens is 446 g/mol. The number of hydrazine groups is 1. The Labute approximate surface area is 200 Å². The van der Waals surface area contributed by atoms with Crippen LogP contribution in [0, 0.1) is 5.92 Å². The minimum absolute atomic E-state index is 0.0679. The number of carbonyl (C=O) groups is 2. The van der Waals surface area contributed by atoms with Gasteiger partial charge in [0, 0.05) is 20.0 Å². The Bertz CT molecular complexity index is 957. The van der Waals surface area contributed by atoms with Crippen molar-refractivity contribution in [2.75, 3.05) is 26.1 Å². The zero-order valence-corrected chi connectivity index (χ0v) is 21.1. The van der Waals surface area contributed by atoms with E-state index in [2.05, 4.69) is 10.4 Å². The summed E-state index contributed by atoms with van der Waals surface area (Å²) in [7, 11) is 3.62. The molecule has 1 saturated carbocycles. The highest BCUT2D eigenvalue weighted by Crippen LogP contribution is 2.52. The fourth-order valence-electron chi connectivity index (χ4n) is 4.02. The summed E-state index contributed by atoms with van der Waals surface area (Å²) in [5.74, 6) is 5.26. The molecule has 0 bridgehead atoms. The molecule has 1 aliphatic carbocycles. The summed E-state index contributed by atoms with van der Waals surface area (Å²) in [6, 6.07) is 3.34. The van der Waals surface area contributed by atoms with Crippen LogP contribution in [0.5, 0.6) is 0 Å². The van der Waals surface area contributed by atoms with Crippen LogP contribution in [0.15, 0.2) is 17.1 Å². The molecule has 3 N–H and O–H groups in total. The van der Waals surface area contributed by atoms with E-state index in [9.17, 15) is 9.59 Å². The van der Waals surface area contributed by atoms with Gasteiger partial charge in [-0.05, 0) is 64.2 Å². The average Bonchev–Trinajstić information content (AvgIpc) is 3.41. The van der Waals surface area contributed by atoms with Crippen molar-refractivity contribution in [3.63, 3.8) is 0 Å². The molecule has 0 aromatic heterocycles. The minimum atomic E-state index is -0.859. The fourth-order valence-corrected chi connectivity index (χ4v) is 4.33. The van der Waals surface area contributed by atoms with Crippen LogP contribution in [0.1, 0.15) is 64.1 Å². The maximum atomic E-state index is 13.1. The predicted molar refractivity (Wildman–Crippen MR) is 128 cm³/mol. The van der Waals surface area contributed by atoms with Gasteiger partial charge in [0.2, 0.25) is 0 Å². The highest BCUT2D eigenvalue weighted by atomic mass is 35.5. The highest BCUT2D eigenvalue weighted by Gasteiger charge is 2.48. The van der Waals surface area contributed by atoms with Crippen molar-refractivity contribution in [3.05, 3.63) is 28.3 Å². The van der Waals surface area contributed by atoms with E-state index in [1.807, 2.05) is 60.8 Å². The van der Waals surface area contributed by atoms with E-state index in [1.165, 1.54) is 6.34 Å². The summed E-state index contributed by atoms with van der Waals surface area (Å²) < 4.78 is 11.6. The molecule has 1 saturated heterocycles. The molecule has 1 aliphatic heterocycles. The number of nitrogen functional groups attached to an aromatic ring is 1. The normalized spacial score (nSPS) is 24.2. The van der Waals surface area contributed by atoms with Crippen LogP contribution >= 0.6 is 11.6 Å². The molecule has 33 heavy (non-hydrogen) atoms. The number of amides is 2. The maximum Gasteiger partial charge on any atom is 0.413 e. The number of anilines is 1. The molecule has 9 nitrogen and oxygen atoms in total. The number of rotatable bonds is 5. The molecule has 2 fully saturated rings. The van der Waals surface area contributed by atoms with Crippen molar-refractivity contribution in [1.29, 1.82) is 0 Å². The lowest BCUT2D eigenvalue weighted by Gasteiger charge is -2.35. The summed E-state index contributed by atoms with van der Waals surface area (Å²) in [6.07, 6.45) is 1.68. The van der Waals surface area contributed by atoms with Crippen LogP contribution in [0.2, 0.25) is 5.02 Å². The van der Waals surface area contributed by atoms with Crippen LogP contribution in [0.3, 0.4) is 0 Å². The summed E-state index contributed by atoms with van der Waals surface area (Å²) in [5.41, 5.74) is 3.25. The Morgan fingerprint density at radius 1 is 1.36 bits per heavy atom. The van der Waals surface area contributed by atoms with Gasteiger partial charge in [-0.3, -0.25) is 15.5 Å². The zero-order valence-electron chi connectivity index (χ0n) is 20.3. The minimum Gasteiger partial charge on any atom is -0.444 e. The fraction of sp³-hybridized carbons (Fsp3) is 0.609. The SMILES string of the molecule is CN(C)/C=N/C(=O)C1CC1c1cc([C@H]2COC(C)(C)N2C(=O)OC(C)(C)C)cc(NN)c1Cl. The van der Waals surface area contributed by atoms with Gasteiger partial charge in [0.05, 0.1) is 29.7 Å². The van der Waals surface area contributed by atoms with Gasteiger partial charge in [0.1, 0.15) is 11.3 Å². The standard InChI is InChI=1S/C23H34ClN5O4/c1-22(2,3)33-21(31)29-18(11-32-23(29,4)5)13-8-15(19(24)17(9-13)27-25)14-10-16(14)20(30)26-12-28(6)7/h8-9,12,14,16,18,27H,10-11,25H2,1-7H3/b26-12+/t14?,16?,18-/m1/s1. The Morgan fingerprint density at radius 3 is 2.61 bits per heavy atom. The molecule has 2 aliphatic rings. The van der Waals surface area contributed by atoms with E-state index >= 15 is 0 Å². The number of ether oxygens (including phenoxy) is 2. The third kappa shape index (κ3) is 5.59. The summed E-state index contributed by atoms with van der Waals surface area (Å²) >= 11 is 6.63. The topological polar surface area (TPSA) is 109 Å². The number of nitrogens with zero attached hydrogens (tertiary/aromatic N) is 3. The molecule has 1 aromatic carbocycles. The quantitative estimate of drug-likeness (QED) is 0.285. The molecule has 1 heterocycles. The monoisotopic (exact) mass is 479 g/mol. The van der Waals surface area contributed by atoms with Gasteiger partial charge >= 0.3 is 6.09 Å². The Morgan fingerprint density at radius 2 is 2.03 bits per heavy atom. The maximum absolute atomic E-state index is 13.1. The average molecular weight is 480 g/mol. The molecule has 2 amide bonds. The van der Waals surface area contributed by atoms with Gasteiger partial charge in [-0.25, -0.2) is 9.79 Å². The van der Waals surface area contributed by atoms with E-state index in [-0.39, 0.29) is 24.3 Å². The van der Waals surface area contributed by atoms with E-state index in [4.69, 9.17) is 26.9 Å². The summed E-state index contributed by atoms with van der Waals surface area (Å²) in [6.45, 7) is 9.41. The van der Waals surface area contributed by atoms with Crippen molar-refractivity contribution >= 4 is 35.6 Å². The van der Waals surface area contributed by atoms with Gasteiger partial charge < -0.3 is 19.8 Å². The van der Waals surface area contributed by atoms with Crippen LogP contribution in [-0.4, -0.2) is 60.2 Å². The van der Waals surface area contributed by atoms with Crippen molar-refractivity contribution in [1.82, 2.24) is 9.80 Å². The molecule has 1 aromatic rings. The number of halogens is 1. The second-order valence-electron chi connectivity index (χ2n) is 10.2. The number of nitrogens with one attached hydrogen (secondary N) is 1. The van der Waals surface area contributed by atoms with Crippen molar-refractivity contribution in [2.24, 2.45) is 16.8 Å². The van der Waals surface area contributed by atoms with Gasteiger partial charge in [0.25, 0.3) is 5.91 Å². The number of carbonyl (C=O) groups excluding carboxylic acids is 2. The van der Waals surface area contributed by atoms with E-state index in [0.29, 0.717) is 17.1 Å². The van der Waals surface area contributed by atoms with E-state index < -0.39 is 23.5 Å². The lowest BCUT2D eigenvalue weighted by atomic mass is 9.98. The molecule has 0 radical (unpaired) electrons.